The van der Waals surface area contributed by atoms with Gasteiger partial charge in [0.15, 0.2) is 11.6 Å². The molecule has 0 aromatic heterocycles. The molecule has 0 heterocycles. The van der Waals surface area contributed by atoms with Crippen LogP contribution in [0.5, 0.6) is 0 Å². The van der Waals surface area contributed by atoms with E-state index in [0.29, 0.717) is 10.7 Å². The number of rotatable bonds is 5. The van der Waals surface area contributed by atoms with Crippen LogP contribution in [0.4, 0.5) is 20.2 Å². The molecular weight excluding hydrogens is 434 g/mol. The van der Waals surface area contributed by atoms with Gasteiger partial charge in [0.2, 0.25) is 0 Å². The van der Waals surface area contributed by atoms with Crippen LogP contribution in [-0.4, -0.2) is 28.4 Å². The average Bonchev–Trinajstić information content (AvgIpc) is 2.74. The van der Waals surface area contributed by atoms with Crippen molar-refractivity contribution in [3.8, 4) is 0 Å². The Hall–Kier alpha value is -2.97. The largest absolute Gasteiger partial charge is 0.311 e. The molecule has 3 aromatic rings. The third-order valence-electron chi connectivity index (χ3n) is 4.51. The van der Waals surface area contributed by atoms with Crippen molar-refractivity contribution in [1.82, 2.24) is 0 Å². The van der Waals surface area contributed by atoms with Crippen molar-refractivity contribution in [2.45, 2.75) is 4.90 Å². The van der Waals surface area contributed by atoms with E-state index in [9.17, 15) is 22.0 Å². The summed E-state index contributed by atoms with van der Waals surface area (Å²) < 4.78 is 53.7. The molecule has 0 bridgehead atoms. The summed E-state index contributed by atoms with van der Waals surface area (Å²) in [5.74, 6) is -2.70. The van der Waals surface area contributed by atoms with E-state index in [1.54, 1.807) is 18.2 Å². The molecule has 30 heavy (non-hydrogen) atoms. The van der Waals surface area contributed by atoms with Crippen molar-refractivity contribution in [3.05, 3.63) is 89.0 Å². The first kappa shape index (κ1) is 21.7. The highest BCUT2D eigenvalue weighted by atomic mass is 35.5. The number of benzene rings is 3. The third kappa shape index (κ3) is 4.29. The molecular formula is C21H17ClF2N2O3S. The van der Waals surface area contributed by atoms with Crippen LogP contribution in [0.1, 0.15) is 10.4 Å². The molecule has 0 fully saturated rings. The van der Waals surface area contributed by atoms with E-state index in [0.717, 1.165) is 21.3 Å². The van der Waals surface area contributed by atoms with Gasteiger partial charge in [-0.05, 0) is 48.5 Å². The predicted octanol–water partition coefficient (Wildman–Crippen LogP) is 4.72. The van der Waals surface area contributed by atoms with Gasteiger partial charge in [0.25, 0.3) is 15.9 Å². The van der Waals surface area contributed by atoms with Gasteiger partial charge >= 0.3 is 0 Å². The fraction of sp³-hybridized carbons (Fsp3) is 0.0952. The number of amides is 1. The zero-order chi connectivity index (χ0) is 22.1. The second-order valence-corrected chi connectivity index (χ2v) is 8.85. The lowest BCUT2D eigenvalue weighted by molar-refractivity contribution is 0.0992. The van der Waals surface area contributed by atoms with E-state index < -0.39 is 27.6 Å². The molecule has 0 aliphatic rings. The van der Waals surface area contributed by atoms with E-state index in [1.165, 1.54) is 50.5 Å². The van der Waals surface area contributed by atoms with E-state index in [-0.39, 0.29) is 16.1 Å². The molecule has 3 rings (SSSR count). The van der Waals surface area contributed by atoms with Crippen LogP contribution in [0.2, 0.25) is 5.02 Å². The average molecular weight is 451 g/mol. The number of halogens is 3. The van der Waals surface area contributed by atoms with Crippen LogP contribution in [0.25, 0.3) is 0 Å². The van der Waals surface area contributed by atoms with Crippen molar-refractivity contribution >= 4 is 38.9 Å². The van der Waals surface area contributed by atoms with Crippen LogP contribution < -0.4 is 9.21 Å². The number of carbonyl (C=O) groups is 1. The summed E-state index contributed by atoms with van der Waals surface area (Å²) in [5.41, 5.74) is 0.559. The van der Waals surface area contributed by atoms with E-state index in [4.69, 9.17) is 11.6 Å². The summed E-state index contributed by atoms with van der Waals surface area (Å²) in [6, 6.07) is 14.9. The van der Waals surface area contributed by atoms with Gasteiger partial charge in [-0.25, -0.2) is 17.2 Å². The van der Waals surface area contributed by atoms with Gasteiger partial charge in [-0.15, -0.1) is 0 Å². The van der Waals surface area contributed by atoms with Gasteiger partial charge in [-0.1, -0.05) is 23.7 Å². The Bertz CT molecular complexity index is 1220. The molecule has 0 unspecified atom stereocenters. The van der Waals surface area contributed by atoms with Crippen LogP contribution >= 0.6 is 11.6 Å². The number of sulfonamides is 1. The first-order valence-electron chi connectivity index (χ1n) is 8.69. The molecule has 156 valence electrons. The van der Waals surface area contributed by atoms with Crippen LogP contribution in [0.15, 0.2) is 71.6 Å². The minimum atomic E-state index is -3.97. The van der Waals surface area contributed by atoms with Crippen LogP contribution in [-0.2, 0) is 10.0 Å². The molecule has 0 radical (unpaired) electrons. The highest BCUT2D eigenvalue weighted by molar-refractivity contribution is 7.92. The molecule has 0 aliphatic heterocycles. The van der Waals surface area contributed by atoms with Gasteiger partial charge < -0.3 is 4.90 Å². The van der Waals surface area contributed by atoms with Gasteiger partial charge in [0.1, 0.15) is 0 Å². The van der Waals surface area contributed by atoms with Gasteiger partial charge in [0, 0.05) is 36.4 Å². The van der Waals surface area contributed by atoms with Crippen molar-refractivity contribution in [2.75, 3.05) is 23.3 Å². The Morgan fingerprint density at radius 3 is 2.23 bits per heavy atom. The molecule has 1 amide bonds. The Balaban J connectivity index is 1.93. The summed E-state index contributed by atoms with van der Waals surface area (Å²) in [6.07, 6.45) is 0. The maximum atomic E-state index is 13.5. The summed E-state index contributed by atoms with van der Waals surface area (Å²) in [7, 11) is -1.21. The number of hydrogen-bond acceptors (Lipinski definition) is 3. The Kier molecular flexibility index (Phi) is 6.09. The lowest BCUT2D eigenvalue weighted by Gasteiger charge is -2.21. The highest BCUT2D eigenvalue weighted by Crippen LogP contribution is 2.26. The Morgan fingerprint density at radius 1 is 0.867 bits per heavy atom. The SMILES string of the molecule is CN(C(=O)c1cccc(S(=O)(=O)N(C)c2cccc(Cl)c2)c1)c1ccc(F)c(F)c1. The zero-order valence-corrected chi connectivity index (χ0v) is 17.6. The molecule has 9 heteroatoms. The maximum Gasteiger partial charge on any atom is 0.264 e. The number of nitrogens with zero attached hydrogens (tertiary/aromatic N) is 2. The second kappa shape index (κ2) is 8.41. The number of anilines is 2. The Morgan fingerprint density at radius 2 is 1.57 bits per heavy atom. The first-order chi connectivity index (χ1) is 14.1. The molecule has 0 aliphatic carbocycles. The molecule has 0 N–H and O–H groups in total. The molecule has 0 saturated heterocycles. The lowest BCUT2D eigenvalue weighted by Crippen LogP contribution is -2.28. The normalized spacial score (nSPS) is 11.2. The van der Waals surface area contributed by atoms with E-state index in [1.807, 2.05) is 0 Å². The minimum absolute atomic E-state index is 0.0720. The van der Waals surface area contributed by atoms with Crippen LogP contribution in [0, 0.1) is 11.6 Å². The smallest absolute Gasteiger partial charge is 0.264 e. The monoisotopic (exact) mass is 450 g/mol. The predicted molar refractivity (Wildman–Crippen MR) is 113 cm³/mol. The summed E-state index contributed by atoms with van der Waals surface area (Å²) in [4.78, 5) is 13.8. The van der Waals surface area contributed by atoms with Gasteiger partial charge in [-0.3, -0.25) is 9.10 Å². The maximum absolute atomic E-state index is 13.5. The molecule has 5 nitrogen and oxygen atoms in total. The fourth-order valence-electron chi connectivity index (χ4n) is 2.76. The van der Waals surface area contributed by atoms with Crippen molar-refractivity contribution < 1.29 is 22.0 Å². The van der Waals surface area contributed by atoms with Gasteiger partial charge in [0.05, 0.1) is 10.6 Å². The lowest BCUT2D eigenvalue weighted by atomic mass is 10.2. The van der Waals surface area contributed by atoms with Gasteiger partial charge in [-0.2, -0.15) is 0 Å². The third-order valence-corrected chi connectivity index (χ3v) is 6.52. The summed E-state index contributed by atoms with van der Waals surface area (Å²) in [5, 5.41) is 0.381. The Labute approximate surface area is 178 Å². The quantitative estimate of drug-likeness (QED) is 0.565. The highest BCUT2D eigenvalue weighted by Gasteiger charge is 2.24. The number of carbonyl (C=O) groups excluding carboxylic acids is 1. The van der Waals surface area contributed by atoms with Crippen LogP contribution in [0.3, 0.4) is 0 Å². The standard InChI is InChI=1S/C21H17ClF2N2O3S/c1-25(16-9-10-19(23)20(24)13-16)21(27)14-5-3-8-18(11-14)30(28,29)26(2)17-7-4-6-15(22)12-17/h3-13H,1-2H3. The summed E-state index contributed by atoms with van der Waals surface area (Å²) in [6.45, 7) is 0. The molecule has 0 atom stereocenters. The fourth-order valence-corrected chi connectivity index (χ4v) is 4.18. The van der Waals surface area contributed by atoms with Crippen molar-refractivity contribution in [2.24, 2.45) is 0 Å². The first-order valence-corrected chi connectivity index (χ1v) is 10.5. The summed E-state index contributed by atoms with van der Waals surface area (Å²) >= 11 is 5.94. The molecule has 3 aromatic carbocycles. The van der Waals surface area contributed by atoms with Crippen molar-refractivity contribution in [3.63, 3.8) is 0 Å². The number of hydrogen-bond donors (Lipinski definition) is 0. The van der Waals surface area contributed by atoms with E-state index in [2.05, 4.69) is 0 Å². The van der Waals surface area contributed by atoms with Crippen molar-refractivity contribution in [1.29, 1.82) is 0 Å². The second-order valence-electron chi connectivity index (χ2n) is 6.44. The topological polar surface area (TPSA) is 57.7 Å². The zero-order valence-electron chi connectivity index (χ0n) is 16.0. The minimum Gasteiger partial charge on any atom is -0.311 e. The molecule has 0 spiro atoms. The molecule has 0 saturated carbocycles. The van der Waals surface area contributed by atoms with E-state index >= 15 is 0 Å².